The van der Waals surface area contributed by atoms with E-state index in [4.69, 9.17) is 46.4 Å². The normalized spacial score (nSPS) is 12.3. The predicted octanol–water partition coefficient (Wildman–Crippen LogP) is 7.00. The maximum atomic E-state index is 13.2. The van der Waals surface area contributed by atoms with Gasteiger partial charge in [-0.1, -0.05) is 59.4 Å². The molecule has 1 nitrogen and oxygen atoms in total. The van der Waals surface area contributed by atoms with E-state index in [1.807, 2.05) is 13.0 Å². The van der Waals surface area contributed by atoms with Crippen LogP contribution in [0.5, 0.6) is 0 Å². The Morgan fingerprint density at radius 1 is 1.00 bits per heavy atom. The van der Waals surface area contributed by atoms with E-state index in [0.717, 1.165) is 12.0 Å². The van der Waals surface area contributed by atoms with Crippen LogP contribution in [0.3, 0.4) is 0 Å². The zero-order valence-corrected chi connectivity index (χ0v) is 14.1. The highest BCUT2D eigenvalue weighted by molar-refractivity contribution is 6.39. The van der Waals surface area contributed by atoms with E-state index in [9.17, 15) is 4.39 Å². The molecule has 0 radical (unpaired) electrons. The fraction of sp³-hybridized carbons (Fsp3) is 0.200. The Labute approximate surface area is 143 Å². The standard InChI is InChI=1S/C15H12Cl4FN/c1-2-14(10-4-3-8(16)5-11(10)17)21-15-12(18)6-9(20)7-13(15)19/h3-7,14,21H,2H2,1H3. The Morgan fingerprint density at radius 2 is 1.62 bits per heavy atom. The molecular weight excluding hydrogens is 355 g/mol. The monoisotopic (exact) mass is 365 g/mol. The molecule has 1 N–H and O–H groups in total. The first-order valence-electron chi connectivity index (χ1n) is 6.28. The highest BCUT2D eigenvalue weighted by atomic mass is 35.5. The fourth-order valence-corrected chi connectivity index (χ4v) is 3.15. The second-order valence-corrected chi connectivity index (χ2v) is 6.17. The van der Waals surface area contributed by atoms with Gasteiger partial charge in [0.2, 0.25) is 0 Å². The van der Waals surface area contributed by atoms with Crippen LogP contribution >= 0.6 is 46.4 Å². The molecule has 0 spiro atoms. The lowest BCUT2D eigenvalue weighted by molar-refractivity contribution is 0.628. The van der Waals surface area contributed by atoms with Crippen LogP contribution in [0.15, 0.2) is 30.3 Å². The van der Waals surface area contributed by atoms with Crippen molar-refractivity contribution in [2.24, 2.45) is 0 Å². The maximum absolute atomic E-state index is 13.2. The van der Waals surface area contributed by atoms with Crippen LogP contribution in [0.4, 0.5) is 10.1 Å². The second-order valence-electron chi connectivity index (χ2n) is 4.52. The van der Waals surface area contributed by atoms with Gasteiger partial charge in [0, 0.05) is 10.0 Å². The number of hydrogen-bond acceptors (Lipinski definition) is 1. The first-order chi connectivity index (χ1) is 9.92. The molecule has 0 bridgehead atoms. The lowest BCUT2D eigenvalue weighted by Crippen LogP contribution is -2.11. The third-order valence-corrected chi connectivity index (χ3v) is 4.23. The molecule has 0 amide bonds. The molecule has 2 aromatic rings. The van der Waals surface area contributed by atoms with Crippen molar-refractivity contribution in [2.75, 3.05) is 5.32 Å². The number of nitrogens with one attached hydrogen (secondary N) is 1. The zero-order valence-electron chi connectivity index (χ0n) is 11.1. The number of anilines is 1. The van der Waals surface area contributed by atoms with E-state index in [0.29, 0.717) is 15.7 Å². The summed E-state index contributed by atoms with van der Waals surface area (Å²) in [5.41, 5.74) is 1.36. The molecule has 0 saturated carbocycles. The van der Waals surface area contributed by atoms with Gasteiger partial charge in [-0.05, 0) is 36.2 Å². The molecule has 21 heavy (non-hydrogen) atoms. The molecule has 0 fully saturated rings. The summed E-state index contributed by atoms with van der Waals surface area (Å²) >= 11 is 24.2. The van der Waals surface area contributed by atoms with Crippen LogP contribution in [0.2, 0.25) is 20.1 Å². The van der Waals surface area contributed by atoms with Crippen molar-refractivity contribution in [1.29, 1.82) is 0 Å². The first-order valence-corrected chi connectivity index (χ1v) is 7.79. The maximum Gasteiger partial charge on any atom is 0.126 e. The van der Waals surface area contributed by atoms with E-state index >= 15 is 0 Å². The zero-order chi connectivity index (χ0) is 15.6. The summed E-state index contributed by atoms with van der Waals surface area (Å²) in [6.07, 6.45) is 0.741. The molecule has 0 aliphatic heterocycles. The fourth-order valence-electron chi connectivity index (χ4n) is 2.04. The average molecular weight is 367 g/mol. The van der Waals surface area contributed by atoms with Gasteiger partial charge in [-0.15, -0.1) is 0 Å². The molecule has 0 aliphatic rings. The Kier molecular flexibility index (Phi) is 5.61. The molecule has 0 aromatic heterocycles. The van der Waals surface area contributed by atoms with Gasteiger partial charge in [-0.2, -0.15) is 0 Å². The summed E-state index contributed by atoms with van der Waals surface area (Å²) in [4.78, 5) is 0. The van der Waals surface area contributed by atoms with Gasteiger partial charge in [0.05, 0.1) is 21.8 Å². The number of benzene rings is 2. The van der Waals surface area contributed by atoms with Gasteiger partial charge >= 0.3 is 0 Å². The molecular formula is C15H12Cl4FN. The van der Waals surface area contributed by atoms with Gasteiger partial charge in [0.25, 0.3) is 0 Å². The van der Waals surface area contributed by atoms with Gasteiger partial charge in [0.15, 0.2) is 0 Å². The van der Waals surface area contributed by atoms with Crippen LogP contribution in [0, 0.1) is 5.82 Å². The summed E-state index contributed by atoms with van der Waals surface area (Å²) in [7, 11) is 0. The van der Waals surface area contributed by atoms with E-state index in [1.54, 1.807) is 12.1 Å². The molecule has 2 rings (SSSR count). The number of rotatable bonds is 4. The topological polar surface area (TPSA) is 12.0 Å². The molecule has 0 saturated heterocycles. The van der Waals surface area contributed by atoms with Crippen LogP contribution in [0.25, 0.3) is 0 Å². The second kappa shape index (κ2) is 7.06. The SMILES string of the molecule is CCC(Nc1c(Cl)cc(F)cc1Cl)c1ccc(Cl)cc1Cl. The molecule has 2 aromatic carbocycles. The Hall–Kier alpha value is -0.670. The Morgan fingerprint density at radius 3 is 2.14 bits per heavy atom. The van der Waals surface area contributed by atoms with E-state index in [1.165, 1.54) is 12.1 Å². The van der Waals surface area contributed by atoms with Crippen molar-refractivity contribution in [1.82, 2.24) is 0 Å². The van der Waals surface area contributed by atoms with E-state index in [2.05, 4.69) is 5.32 Å². The smallest absolute Gasteiger partial charge is 0.126 e. The third-order valence-electron chi connectivity index (χ3n) is 3.07. The van der Waals surface area contributed by atoms with Crippen molar-refractivity contribution >= 4 is 52.1 Å². The molecule has 1 atom stereocenters. The quantitative estimate of drug-likeness (QED) is 0.613. The number of hydrogen-bond donors (Lipinski definition) is 1. The van der Waals surface area contributed by atoms with Gasteiger partial charge < -0.3 is 5.32 Å². The summed E-state index contributed by atoms with van der Waals surface area (Å²) < 4.78 is 13.2. The lowest BCUT2D eigenvalue weighted by atomic mass is 10.0. The minimum absolute atomic E-state index is 0.116. The number of halogens is 5. The minimum Gasteiger partial charge on any atom is -0.376 e. The van der Waals surface area contributed by atoms with Crippen LogP contribution in [-0.2, 0) is 0 Å². The average Bonchev–Trinajstić information content (AvgIpc) is 2.39. The Balaban J connectivity index is 2.36. The molecule has 1 unspecified atom stereocenters. The van der Waals surface area contributed by atoms with Crippen LogP contribution in [0.1, 0.15) is 24.9 Å². The van der Waals surface area contributed by atoms with Crippen molar-refractivity contribution in [3.63, 3.8) is 0 Å². The minimum atomic E-state index is -0.479. The van der Waals surface area contributed by atoms with Crippen molar-refractivity contribution < 1.29 is 4.39 Å². The predicted molar refractivity (Wildman–Crippen MR) is 89.5 cm³/mol. The van der Waals surface area contributed by atoms with Crippen molar-refractivity contribution in [3.05, 3.63) is 61.8 Å². The van der Waals surface area contributed by atoms with Crippen molar-refractivity contribution in [2.45, 2.75) is 19.4 Å². The van der Waals surface area contributed by atoms with Gasteiger partial charge in [-0.25, -0.2) is 4.39 Å². The lowest BCUT2D eigenvalue weighted by Gasteiger charge is -2.21. The van der Waals surface area contributed by atoms with Crippen LogP contribution in [-0.4, -0.2) is 0 Å². The summed E-state index contributed by atoms with van der Waals surface area (Å²) in [6, 6.07) is 7.60. The highest BCUT2D eigenvalue weighted by Crippen LogP contribution is 2.37. The molecule has 112 valence electrons. The molecule has 0 heterocycles. The largest absolute Gasteiger partial charge is 0.376 e. The summed E-state index contributed by atoms with van der Waals surface area (Å²) in [6.45, 7) is 1.99. The van der Waals surface area contributed by atoms with Crippen molar-refractivity contribution in [3.8, 4) is 0 Å². The molecule has 0 aliphatic carbocycles. The molecule has 6 heteroatoms. The van der Waals surface area contributed by atoms with Crippen LogP contribution < -0.4 is 5.32 Å². The highest BCUT2D eigenvalue weighted by Gasteiger charge is 2.17. The third kappa shape index (κ3) is 3.95. The van der Waals surface area contributed by atoms with E-state index < -0.39 is 5.82 Å². The van der Waals surface area contributed by atoms with Gasteiger partial charge in [0.1, 0.15) is 5.82 Å². The summed E-state index contributed by atoms with van der Waals surface area (Å²) in [5, 5.41) is 4.78. The van der Waals surface area contributed by atoms with E-state index in [-0.39, 0.29) is 16.1 Å². The Bertz CT molecular complexity index is 637. The summed E-state index contributed by atoms with van der Waals surface area (Å²) in [5.74, 6) is -0.479. The van der Waals surface area contributed by atoms with Gasteiger partial charge in [-0.3, -0.25) is 0 Å². The first kappa shape index (κ1) is 16.7.